The molecule has 0 saturated carbocycles. The van der Waals surface area contributed by atoms with E-state index < -0.39 is 0 Å². The standard InChI is InChI=1S/C18H25NO/c1-18(2,15-19-13-7-4-8-14-19)17(20)12-11-16-9-5-3-6-10-16/h3,5-6,9-12H,4,7-8,13-15H2,1-2H3/b12-11+. The number of likely N-dealkylation sites (tertiary alicyclic amines) is 1. The maximum Gasteiger partial charge on any atom is 0.162 e. The minimum Gasteiger partial charge on any atom is -0.302 e. The number of benzene rings is 1. The van der Waals surface area contributed by atoms with Crippen LogP contribution in [0.15, 0.2) is 36.4 Å². The Balaban J connectivity index is 1.94. The first-order valence-electron chi connectivity index (χ1n) is 7.58. The van der Waals surface area contributed by atoms with Crippen LogP contribution in [-0.2, 0) is 4.79 Å². The Hall–Kier alpha value is -1.41. The molecule has 0 unspecified atom stereocenters. The fourth-order valence-electron chi connectivity index (χ4n) is 2.72. The second kappa shape index (κ2) is 6.85. The predicted molar refractivity (Wildman–Crippen MR) is 84.6 cm³/mol. The molecule has 0 aliphatic carbocycles. The van der Waals surface area contributed by atoms with Crippen LogP contribution in [0.5, 0.6) is 0 Å². The van der Waals surface area contributed by atoms with E-state index in [1.165, 1.54) is 19.3 Å². The Labute approximate surface area is 122 Å². The van der Waals surface area contributed by atoms with Crippen molar-refractivity contribution in [3.8, 4) is 0 Å². The molecular formula is C18H25NO. The topological polar surface area (TPSA) is 20.3 Å². The molecule has 0 N–H and O–H groups in total. The summed E-state index contributed by atoms with van der Waals surface area (Å²) in [4.78, 5) is 14.8. The van der Waals surface area contributed by atoms with Crippen molar-refractivity contribution in [1.82, 2.24) is 4.90 Å². The van der Waals surface area contributed by atoms with Crippen LogP contribution in [0, 0.1) is 5.41 Å². The van der Waals surface area contributed by atoms with Gasteiger partial charge in [-0.2, -0.15) is 0 Å². The maximum absolute atomic E-state index is 12.4. The Morgan fingerprint density at radius 2 is 1.80 bits per heavy atom. The van der Waals surface area contributed by atoms with Gasteiger partial charge in [-0.25, -0.2) is 0 Å². The third-order valence-corrected chi connectivity index (χ3v) is 3.96. The van der Waals surface area contributed by atoms with Crippen molar-refractivity contribution in [3.05, 3.63) is 42.0 Å². The lowest BCUT2D eigenvalue weighted by molar-refractivity contribution is -0.123. The van der Waals surface area contributed by atoms with E-state index in [9.17, 15) is 4.79 Å². The van der Waals surface area contributed by atoms with Gasteiger partial charge in [0.1, 0.15) is 0 Å². The zero-order valence-corrected chi connectivity index (χ0v) is 12.6. The molecule has 0 amide bonds. The first kappa shape index (κ1) is 15.0. The molecule has 0 spiro atoms. The SMILES string of the molecule is CC(C)(CN1CCCCC1)C(=O)/C=C/c1ccccc1. The van der Waals surface area contributed by atoms with Crippen LogP contribution < -0.4 is 0 Å². The summed E-state index contributed by atoms with van der Waals surface area (Å²) in [5, 5.41) is 0. The fourth-order valence-corrected chi connectivity index (χ4v) is 2.72. The summed E-state index contributed by atoms with van der Waals surface area (Å²) >= 11 is 0. The quantitative estimate of drug-likeness (QED) is 0.760. The molecule has 1 heterocycles. The highest BCUT2D eigenvalue weighted by Gasteiger charge is 2.28. The van der Waals surface area contributed by atoms with E-state index in [0.29, 0.717) is 0 Å². The van der Waals surface area contributed by atoms with Crippen LogP contribution >= 0.6 is 0 Å². The van der Waals surface area contributed by atoms with Crippen molar-refractivity contribution in [2.45, 2.75) is 33.1 Å². The lowest BCUT2D eigenvalue weighted by atomic mass is 9.86. The van der Waals surface area contributed by atoms with Gasteiger partial charge in [-0.15, -0.1) is 0 Å². The molecule has 1 aromatic rings. The van der Waals surface area contributed by atoms with Crippen molar-refractivity contribution in [3.63, 3.8) is 0 Å². The maximum atomic E-state index is 12.4. The van der Waals surface area contributed by atoms with E-state index in [0.717, 1.165) is 25.2 Å². The molecule has 0 atom stereocenters. The predicted octanol–water partition coefficient (Wildman–Crippen LogP) is 3.78. The third-order valence-electron chi connectivity index (χ3n) is 3.96. The second-order valence-electron chi connectivity index (χ2n) is 6.33. The Morgan fingerprint density at radius 1 is 1.15 bits per heavy atom. The van der Waals surface area contributed by atoms with Gasteiger partial charge < -0.3 is 4.90 Å². The molecule has 108 valence electrons. The number of piperidine rings is 1. The molecule has 1 aliphatic heterocycles. The van der Waals surface area contributed by atoms with Gasteiger partial charge in [0, 0.05) is 12.0 Å². The average molecular weight is 271 g/mol. The van der Waals surface area contributed by atoms with Gasteiger partial charge in [-0.3, -0.25) is 4.79 Å². The van der Waals surface area contributed by atoms with Crippen molar-refractivity contribution < 1.29 is 4.79 Å². The Morgan fingerprint density at radius 3 is 2.45 bits per heavy atom. The number of carbonyl (C=O) groups excluding carboxylic acids is 1. The number of rotatable bonds is 5. The summed E-state index contributed by atoms with van der Waals surface area (Å²) in [6, 6.07) is 9.99. The molecule has 2 nitrogen and oxygen atoms in total. The van der Waals surface area contributed by atoms with E-state index in [1.54, 1.807) is 6.08 Å². The van der Waals surface area contributed by atoms with Crippen molar-refractivity contribution in [2.75, 3.05) is 19.6 Å². The normalized spacial score (nSPS) is 17.5. The van der Waals surface area contributed by atoms with Crippen LogP contribution in [0.25, 0.3) is 6.08 Å². The van der Waals surface area contributed by atoms with Crippen molar-refractivity contribution in [2.24, 2.45) is 5.41 Å². The molecule has 1 saturated heterocycles. The Kier molecular flexibility index (Phi) is 5.13. The molecule has 0 bridgehead atoms. The summed E-state index contributed by atoms with van der Waals surface area (Å²) in [6.07, 6.45) is 7.52. The Bertz CT molecular complexity index is 456. The van der Waals surface area contributed by atoms with Gasteiger partial charge >= 0.3 is 0 Å². The van der Waals surface area contributed by atoms with Crippen LogP contribution in [0.2, 0.25) is 0 Å². The van der Waals surface area contributed by atoms with E-state index >= 15 is 0 Å². The first-order chi connectivity index (χ1) is 9.58. The number of allylic oxidation sites excluding steroid dienone is 1. The molecule has 2 heteroatoms. The highest BCUT2D eigenvalue weighted by molar-refractivity contribution is 5.97. The van der Waals surface area contributed by atoms with Crippen LogP contribution in [0.1, 0.15) is 38.7 Å². The van der Waals surface area contributed by atoms with Gasteiger partial charge in [0.05, 0.1) is 0 Å². The smallest absolute Gasteiger partial charge is 0.162 e. The lowest BCUT2D eigenvalue weighted by Gasteiger charge is -2.33. The van der Waals surface area contributed by atoms with Gasteiger partial charge in [0.15, 0.2) is 5.78 Å². The van der Waals surface area contributed by atoms with Gasteiger partial charge in [-0.05, 0) is 37.6 Å². The average Bonchev–Trinajstić information content (AvgIpc) is 2.46. The van der Waals surface area contributed by atoms with Crippen molar-refractivity contribution in [1.29, 1.82) is 0 Å². The minimum absolute atomic E-state index is 0.215. The van der Waals surface area contributed by atoms with E-state index in [4.69, 9.17) is 0 Å². The summed E-state index contributed by atoms with van der Waals surface area (Å²) in [5.41, 5.74) is 0.775. The molecule has 1 fully saturated rings. The largest absolute Gasteiger partial charge is 0.302 e. The summed E-state index contributed by atoms with van der Waals surface area (Å²) in [6.45, 7) is 7.25. The monoisotopic (exact) mass is 271 g/mol. The molecule has 0 radical (unpaired) electrons. The molecule has 2 rings (SSSR count). The first-order valence-corrected chi connectivity index (χ1v) is 7.58. The van der Waals surface area contributed by atoms with Crippen LogP contribution in [-0.4, -0.2) is 30.3 Å². The summed E-state index contributed by atoms with van der Waals surface area (Å²) in [7, 11) is 0. The summed E-state index contributed by atoms with van der Waals surface area (Å²) in [5.74, 6) is 0.215. The molecule has 0 aromatic heterocycles. The molecule has 20 heavy (non-hydrogen) atoms. The second-order valence-corrected chi connectivity index (χ2v) is 6.33. The third kappa shape index (κ3) is 4.31. The molecular weight excluding hydrogens is 246 g/mol. The fraction of sp³-hybridized carbons (Fsp3) is 0.500. The number of nitrogens with zero attached hydrogens (tertiary/aromatic N) is 1. The van der Waals surface area contributed by atoms with Crippen molar-refractivity contribution >= 4 is 11.9 Å². The number of hydrogen-bond donors (Lipinski definition) is 0. The van der Waals surface area contributed by atoms with E-state index in [2.05, 4.69) is 18.7 Å². The number of ketones is 1. The highest BCUT2D eigenvalue weighted by atomic mass is 16.1. The molecule has 1 aliphatic rings. The number of carbonyl (C=O) groups is 1. The zero-order valence-electron chi connectivity index (χ0n) is 12.6. The van der Waals surface area contributed by atoms with Crippen LogP contribution in [0.3, 0.4) is 0 Å². The highest BCUT2D eigenvalue weighted by Crippen LogP contribution is 2.22. The number of hydrogen-bond acceptors (Lipinski definition) is 2. The van der Waals surface area contributed by atoms with E-state index in [1.807, 2.05) is 36.4 Å². The van der Waals surface area contributed by atoms with Gasteiger partial charge in [0.25, 0.3) is 0 Å². The van der Waals surface area contributed by atoms with Gasteiger partial charge in [0.2, 0.25) is 0 Å². The summed E-state index contributed by atoms with van der Waals surface area (Å²) < 4.78 is 0. The van der Waals surface area contributed by atoms with Crippen LogP contribution in [0.4, 0.5) is 0 Å². The molecule has 1 aromatic carbocycles. The van der Waals surface area contributed by atoms with E-state index in [-0.39, 0.29) is 11.2 Å². The van der Waals surface area contributed by atoms with Gasteiger partial charge in [-0.1, -0.05) is 56.7 Å². The lowest BCUT2D eigenvalue weighted by Crippen LogP contribution is -2.41. The zero-order chi connectivity index (χ0) is 14.4. The minimum atomic E-state index is -0.303.